The van der Waals surface area contributed by atoms with Crippen molar-refractivity contribution in [3.63, 3.8) is 0 Å². The summed E-state index contributed by atoms with van der Waals surface area (Å²) in [4.78, 5) is 2.68. The van der Waals surface area contributed by atoms with Crippen LogP contribution in [0.3, 0.4) is 0 Å². The summed E-state index contributed by atoms with van der Waals surface area (Å²) in [5.41, 5.74) is 6.03. The van der Waals surface area contributed by atoms with E-state index in [1.807, 2.05) is 0 Å². The van der Waals surface area contributed by atoms with Crippen molar-refractivity contribution >= 4 is 0 Å². The molecule has 0 spiro atoms. The van der Waals surface area contributed by atoms with Crippen LogP contribution in [0.1, 0.15) is 64.7 Å². The first kappa shape index (κ1) is 15.3. The van der Waals surface area contributed by atoms with Gasteiger partial charge in [0.25, 0.3) is 0 Å². The summed E-state index contributed by atoms with van der Waals surface area (Å²) >= 11 is 0. The van der Waals surface area contributed by atoms with Crippen LogP contribution in [-0.2, 0) is 0 Å². The van der Waals surface area contributed by atoms with Gasteiger partial charge in [0.1, 0.15) is 0 Å². The van der Waals surface area contributed by atoms with Crippen molar-refractivity contribution in [2.24, 2.45) is 23.5 Å². The highest BCUT2D eigenvalue weighted by Crippen LogP contribution is 2.35. The van der Waals surface area contributed by atoms with Gasteiger partial charge in [-0.05, 0) is 57.0 Å². The first-order chi connectivity index (χ1) is 9.24. The Labute approximate surface area is 120 Å². The van der Waals surface area contributed by atoms with Gasteiger partial charge in [-0.1, -0.05) is 39.0 Å². The molecule has 2 rings (SSSR count). The van der Waals surface area contributed by atoms with Gasteiger partial charge in [0, 0.05) is 12.6 Å². The van der Waals surface area contributed by atoms with E-state index >= 15 is 0 Å². The standard InChI is InChI=1S/C17H34N2/c1-3-6-14-9-10-16(12-18)17(11-14)19(2)13-15-7-4-5-8-15/h14-17H,3-13,18H2,1-2H3. The Morgan fingerprint density at radius 1 is 1.05 bits per heavy atom. The SMILES string of the molecule is CCCC1CCC(CN)C(N(C)CC2CCCC2)C1. The van der Waals surface area contributed by atoms with Crippen LogP contribution in [-0.4, -0.2) is 31.1 Å². The summed E-state index contributed by atoms with van der Waals surface area (Å²) < 4.78 is 0. The fourth-order valence-corrected chi connectivity index (χ4v) is 4.51. The van der Waals surface area contributed by atoms with E-state index < -0.39 is 0 Å². The number of nitrogens with zero attached hydrogens (tertiary/aromatic N) is 1. The van der Waals surface area contributed by atoms with E-state index in [4.69, 9.17) is 5.73 Å². The molecule has 2 fully saturated rings. The first-order valence-electron chi connectivity index (χ1n) is 8.64. The zero-order chi connectivity index (χ0) is 13.7. The van der Waals surface area contributed by atoms with Crippen molar-refractivity contribution in [3.8, 4) is 0 Å². The third-order valence-electron chi connectivity index (χ3n) is 5.65. The molecular formula is C17H34N2. The fourth-order valence-electron chi connectivity index (χ4n) is 4.51. The maximum absolute atomic E-state index is 6.03. The van der Waals surface area contributed by atoms with Crippen molar-refractivity contribution in [1.82, 2.24) is 4.90 Å². The summed E-state index contributed by atoms with van der Waals surface area (Å²) in [5.74, 6) is 2.68. The third-order valence-corrected chi connectivity index (χ3v) is 5.65. The van der Waals surface area contributed by atoms with Crippen molar-refractivity contribution < 1.29 is 0 Å². The number of hydrogen-bond donors (Lipinski definition) is 1. The molecule has 2 aliphatic carbocycles. The maximum atomic E-state index is 6.03. The lowest BCUT2D eigenvalue weighted by Crippen LogP contribution is -2.46. The number of nitrogens with two attached hydrogens (primary N) is 1. The Balaban J connectivity index is 1.88. The summed E-state index contributed by atoms with van der Waals surface area (Å²) in [6.45, 7) is 4.53. The molecule has 0 radical (unpaired) electrons. The molecule has 0 saturated heterocycles. The molecule has 112 valence electrons. The molecule has 3 unspecified atom stereocenters. The Morgan fingerprint density at radius 2 is 1.79 bits per heavy atom. The Bertz CT molecular complexity index is 248. The minimum atomic E-state index is 0.750. The Morgan fingerprint density at radius 3 is 2.42 bits per heavy atom. The lowest BCUT2D eigenvalue weighted by molar-refractivity contribution is 0.0878. The molecule has 0 aromatic rings. The lowest BCUT2D eigenvalue weighted by Gasteiger charge is -2.42. The summed E-state index contributed by atoms with van der Waals surface area (Å²) in [5, 5.41) is 0. The third kappa shape index (κ3) is 4.19. The van der Waals surface area contributed by atoms with E-state index in [0.717, 1.165) is 30.3 Å². The Hall–Kier alpha value is -0.0800. The molecule has 2 aliphatic rings. The normalized spacial score (nSPS) is 33.2. The minimum absolute atomic E-state index is 0.750. The highest BCUT2D eigenvalue weighted by Gasteiger charge is 2.32. The lowest BCUT2D eigenvalue weighted by atomic mass is 9.76. The average Bonchev–Trinajstić information content (AvgIpc) is 2.92. The van der Waals surface area contributed by atoms with Crippen LogP contribution in [0.5, 0.6) is 0 Å². The zero-order valence-electron chi connectivity index (χ0n) is 13.1. The highest BCUT2D eigenvalue weighted by molar-refractivity contribution is 4.87. The second kappa shape index (κ2) is 7.64. The van der Waals surface area contributed by atoms with Gasteiger partial charge in [-0.15, -0.1) is 0 Å². The van der Waals surface area contributed by atoms with E-state index in [0.29, 0.717) is 0 Å². The molecule has 0 heterocycles. The average molecular weight is 266 g/mol. The minimum Gasteiger partial charge on any atom is -0.330 e. The van der Waals surface area contributed by atoms with Gasteiger partial charge in [0.15, 0.2) is 0 Å². The predicted octanol–water partition coefficient (Wildman–Crippen LogP) is 3.65. The molecule has 19 heavy (non-hydrogen) atoms. The van der Waals surface area contributed by atoms with Gasteiger partial charge in [-0.25, -0.2) is 0 Å². The molecule has 2 heteroatoms. The van der Waals surface area contributed by atoms with Crippen LogP contribution < -0.4 is 5.73 Å². The topological polar surface area (TPSA) is 29.3 Å². The molecule has 0 aliphatic heterocycles. The second-order valence-corrected chi connectivity index (χ2v) is 7.12. The summed E-state index contributed by atoms with van der Waals surface area (Å²) in [6, 6.07) is 0.760. The van der Waals surface area contributed by atoms with E-state index in [1.165, 1.54) is 64.3 Å². The molecule has 0 aromatic carbocycles. The van der Waals surface area contributed by atoms with Gasteiger partial charge in [0.05, 0.1) is 0 Å². The van der Waals surface area contributed by atoms with Gasteiger partial charge in [-0.2, -0.15) is 0 Å². The predicted molar refractivity (Wildman–Crippen MR) is 83.2 cm³/mol. The summed E-state index contributed by atoms with van der Waals surface area (Å²) in [6.07, 6.45) is 12.8. The molecule has 2 saturated carbocycles. The van der Waals surface area contributed by atoms with E-state index in [9.17, 15) is 0 Å². The second-order valence-electron chi connectivity index (χ2n) is 7.12. The number of hydrogen-bond acceptors (Lipinski definition) is 2. The largest absolute Gasteiger partial charge is 0.330 e. The molecule has 2 nitrogen and oxygen atoms in total. The zero-order valence-corrected chi connectivity index (χ0v) is 13.1. The van der Waals surface area contributed by atoms with E-state index in [1.54, 1.807) is 0 Å². The monoisotopic (exact) mass is 266 g/mol. The van der Waals surface area contributed by atoms with Gasteiger partial charge >= 0.3 is 0 Å². The maximum Gasteiger partial charge on any atom is 0.0135 e. The molecule has 2 N–H and O–H groups in total. The van der Waals surface area contributed by atoms with Crippen LogP contribution in [0.15, 0.2) is 0 Å². The highest BCUT2D eigenvalue weighted by atomic mass is 15.1. The van der Waals surface area contributed by atoms with Crippen LogP contribution >= 0.6 is 0 Å². The first-order valence-corrected chi connectivity index (χ1v) is 8.64. The van der Waals surface area contributed by atoms with Crippen LogP contribution in [0.2, 0.25) is 0 Å². The smallest absolute Gasteiger partial charge is 0.0135 e. The van der Waals surface area contributed by atoms with Gasteiger partial charge in [0.2, 0.25) is 0 Å². The van der Waals surface area contributed by atoms with Crippen LogP contribution in [0.25, 0.3) is 0 Å². The van der Waals surface area contributed by atoms with Crippen molar-refractivity contribution in [2.75, 3.05) is 20.1 Å². The quantitative estimate of drug-likeness (QED) is 0.795. The molecule has 0 bridgehead atoms. The van der Waals surface area contributed by atoms with Crippen molar-refractivity contribution in [1.29, 1.82) is 0 Å². The van der Waals surface area contributed by atoms with Crippen LogP contribution in [0, 0.1) is 17.8 Å². The van der Waals surface area contributed by atoms with E-state index in [2.05, 4.69) is 18.9 Å². The number of rotatable bonds is 6. The molecular weight excluding hydrogens is 232 g/mol. The molecule has 3 atom stereocenters. The van der Waals surface area contributed by atoms with Gasteiger partial charge in [-0.3, -0.25) is 0 Å². The van der Waals surface area contributed by atoms with Crippen molar-refractivity contribution in [2.45, 2.75) is 70.8 Å². The van der Waals surface area contributed by atoms with Crippen LogP contribution in [0.4, 0.5) is 0 Å². The van der Waals surface area contributed by atoms with E-state index in [-0.39, 0.29) is 0 Å². The molecule has 0 aromatic heterocycles. The molecule has 0 amide bonds. The fraction of sp³-hybridized carbons (Fsp3) is 1.00. The summed E-state index contributed by atoms with van der Waals surface area (Å²) in [7, 11) is 2.36. The Kier molecular flexibility index (Phi) is 6.15. The van der Waals surface area contributed by atoms with Crippen molar-refractivity contribution in [3.05, 3.63) is 0 Å². The van der Waals surface area contributed by atoms with Gasteiger partial charge < -0.3 is 10.6 Å².